The molecule has 2 heteroatoms. The van der Waals surface area contributed by atoms with Crippen LogP contribution in [0.25, 0.3) is 0 Å². The lowest BCUT2D eigenvalue weighted by Gasteiger charge is -2.30. The van der Waals surface area contributed by atoms with Crippen LogP contribution in [0.1, 0.15) is 18.5 Å². The molecule has 2 rings (SSSR count). The van der Waals surface area contributed by atoms with Crippen LogP contribution >= 0.6 is 0 Å². The highest BCUT2D eigenvalue weighted by molar-refractivity contribution is 5.20. The van der Waals surface area contributed by atoms with Crippen LogP contribution in [0.2, 0.25) is 0 Å². The molecular formula is C11H15NO. The van der Waals surface area contributed by atoms with Crippen LogP contribution < -0.4 is 5.32 Å². The standard InChI is InChI=1S/C11H15NO/c1-9-11(12-7-8-13-9)10-5-3-2-4-6-10/h2-6,9,11-12H,7-8H2,1H3/t9-,11-/m0/s1. The van der Waals surface area contributed by atoms with Gasteiger partial charge >= 0.3 is 0 Å². The van der Waals surface area contributed by atoms with E-state index in [1.165, 1.54) is 5.56 Å². The van der Waals surface area contributed by atoms with Gasteiger partial charge < -0.3 is 10.1 Å². The Morgan fingerprint density at radius 3 is 2.77 bits per heavy atom. The second-order valence-electron chi connectivity index (χ2n) is 3.42. The van der Waals surface area contributed by atoms with Gasteiger partial charge in [-0.1, -0.05) is 30.3 Å². The maximum Gasteiger partial charge on any atom is 0.0742 e. The molecule has 1 aliphatic rings. The Morgan fingerprint density at radius 1 is 1.31 bits per heavy atom. The van der Waals surface area contributed by atoms with E-state index < -0.39 is 0 Å². The highest BCUT2D eigenvalue weighted by atomic mass is 16.5. The third kappa shape index (κ3) is 1.90. The number of rotatable bonds is 1. The Bertz CT molecular complexity index is 260. The summed E-state index contributed by atoms with van der Waals surface area (Å²) >= 11 is 0. The Labute approximate surface area is 78.9 Å². The molecule has 0 aliphatic carbocycles. The Kier molecular flexibility index (Phi) is 2.62. The lowest BCUT2D eigenvalue weighted by atomic mass is 10.0. The molecule has 1 N–H and O–H groups in total. The summed E-state index contributed by atoms with van der Waals surface area (Å²) in [6.07, 6.45) is 0.274. The van der Waals surface area contributed by atoms with E-state index in [9.17, 15) is 0 Å². The van der Waals surface area contributed by atoms with Crippen LogP contribution in [0.15, 0.2) is 30.3 Å². The fourth-order valence-electron chi connectivity index (χ4n) is 1.77. The normalized spacial score (nSPS) is 28.7. The molecular weight excluding hydrogens is 162 g/mol. The van der Waals surface area contributed by atoms with Gasteiger partial charge in [0.05, 0.1) is 18.8 Å². The Morgan fingerprint density at radius 2 is 2.08 bits per heavy atom. The predicted molar refractivity (Wildman–Crippen MR) is 52.6 cm³/mol. The SMILES string of the molecule is C[C@@H]1OCCN[C@@H]1c1ccccc1. The monoisotopic (exact) mass is 177 g/mol. The van der Waals surface area contributed by atoms with Crippen molar-refractivity contribution >= 4 is 0 Å². The van der Waals surface area contributed by atoms with Crippen molar-refractivity contribution in [2.24, 2.45) is 0 Å². The molecule has 1 aliphatic heterocycles. The molecule has 2 atom stereocenters. The summed E-state index contributed by atoms with van der Waals surface area (Å²) in [6.45, 7) is 3.89. The lowest BCUT2D eigenvalue weighted by molar-refractivity contribution is 0.00756. The molecule has 0 amide bonds. The summed E-state index contributed by atoms with van der Waals surface area (Å²) < 4.78 is 5.58. The molecule has 0 saturated carbocycles. The average molecular weight is 177 g/mol. The first-order valence-corrected chi connectivity index (χ1v) is 4.78. The number of hydrogen-bond donors (Lipinski definition) is 1. The van der Waals surface area contributed by atoms with Gasteiger partial charge in [-0.15, -0.1) is 0 Å². The minimum absolute atomic E-state index is 0.274. The van der Waals surface area contributed by atoms with E-state index in [0.717, 1.165) is 13.2 Å². The van der Waals surface area contributed by atoms with Crippen molar-refractivity contribution in [3.63, 3.8) is 0 Å². The van der Waals surface area contributed by atoms with E-state index in [-0.39, 0.29) is 6.10 Å². The Hall–Kier alpha value is -0.860. The van der Waals surface area contributed by atoms with E-state index in [1.54, 1.807) is 0 Å². The fraction of sp³-hybridized carbons (Fsp3) is 0.455. The van der Waals surface area contributed by atoms with Crippen molar-refractivity contribution in [3.05, 3.63) is 35.9 Å². The summed E-state index contributed by atoms with van der Waals surface area (Å²) in [4.78, 5) is 0. The summed E-state index contributed by atoms with van der Waals surface area (Å²) in [5, 5.41) is 3.46. The summed E-state index contributed by atoms with van der Waals surface area (Å²) in [5.74, 6) is 0. The molecule has 2 nitrogen and oxygen atoms in total. The molecule has 0 spiro atoms. The minimum atomic E-state index is 0.274. The molecule has 1 heterocycles. The average Bonchev–Trinajstić information content (AvgIpc) is 2.20. The summed E-state index contributed by atoms with van der Waals surface area (Å²) in [6, 6.07) is 10.8. The molecule has 0 bridgehead atoms. The maximum absolute atomic E-state index is 5.58. The molecule has 0 aromatic heterocycles. The van der Waals surface area contributed by atoms with Crippen molar-refractivity contribution < 1.29 is 4.74 Å². The topological polar surface area (TPSA) is 21.3 Å². The van der Waals surface area contributed by atoms with Crippen molar-refractivity contribution in [2.75, 3.05) is 13.2 Å². The van der Waals surface area contributed by atoms with Crippen molar-refractivity contribution in [3.8, 4) is 0 Å². The van der Waals surface area contributed by atoms with E-state index in [1.807, 2.05) is 6.07 Å². The Balaban J connectivity index is 2.15. The van der Waals surface area contributed by atoms with Crippen molar-refractivity contribution in [1.82, 2.24) is 5.32 Å². The first kappa shape index (κ1) is 8.73. The van der Waals surface area contributed by atoms with Crippen molar-refractivity contribution in [1.29, 1.82) is 0 Å². The number of morpholine rings is 1. The van der Waals surface area contributed by atoms with Crippen LogP contribution in [0, 0.1) is 0 Å². The van der Waals surface area contributed by atoms with Gasteiger partial charge in [0.2, 0.25) is 0 Å². The second kappa shape index (κ2) is 3.90. The van der Waals surface area contributed by atoms with Gasteiger partial charge in [-0.3, -0.25) is 0 Å². The first-order chi connectivity index (χ1) is 6.38. The molecule has 70 valence electrons. The van der Waals surface area contributed by atoms with Gasteiger partial charge in [0.1, 0.15) is 0 Å². The zero-order chi connectivity index (χ0) is 9.10. The van der Waals surface area contributed by atoms with Gasteiger partial charge in [-0.25, -0.2) is 0 Å². The largest absolute Gasteiger partial charge is 0.375 e. The zero-order valence-electron chi connectivity index (χ0n) is 7.86. The highest BCUT2D eigenvalue weighted by Gasteiger charge is 2.22. The molecule has 1 fully saturated rings. The molecule has 13 heavy (non-hydrogen) atoms. The van der Waals surface area contributed by atoms with Crippen LogP contribution in [0.5, 0.6) is 0 Å². The van der Waals surface area contributed by atoms with Gasteiger partial charge in [-0.05, 0) is 12.5 Å². The third-order valence-electron chi connectivity index (χ3n) is 2.48. The first-order valence-electron chi connectivity index (χ1n) is 4.78. The summed E-state index contributed by atoms with van der Waals surface area (Å²) in [5.41, 5.74) is 1.31. The van der Waals surface area contributed by atoms with Gasteiger partial charge in [0, 0.05) is 6.54 Å². The van der Waals surface area contributed by atoms with Crippen molar-refractivity contribution in [2.45, 2.75) is 19.1 Å². The van der Waals surface area contributed by atoms with Gasteiger partial charge in [-0.2, -0.15) is 0 Å². The summed E-state index contributed by atoms with van der Waals surface area (Å²) in [7, 11) is 0. The third-order valence-corrected chi connectivity index (χ3v) is 2.48. The molecule has 0 radical (unpaired) electrons. The van der Waals surface area contributed by atoms with Gasteiger partial charge in [0.25, 0.3) is 0 Å². The van der Waals surface area contributed by atoms with Crippen LogP contribution in [-0.2, 0) is 4.74 Å². The van der Waals surface area contributed by atoms with Gasteiger partial charge in [0.15, 0.2) is 0 Å². The number of ether oxygens (including phenoxy) is 1. The quantitative estimate of drug-likeness (QED) is 0.705. The van der Waals surface area contributed by atoms with E-state index in [0.29, 0.717) is 6.04 Å². The zero-order valence-corrected chi connectivity index (χ0v) is 7.86. The molecule has 1 saturated heterocycles. The fourth-order valence-corrected chi connectivity index (χ4v) is 1.77. The smallest absolute Gasteiger partial charge is 0.0742 e. The molecule has 1 aromatic carbocycles. The molecule has 0 unspecified atom stereocenters. The lowest BCUT2D eigenvalue weighted by Crippen LogP contribution is -2.40. The van der Waals surface area contributed by atoms with Crippen LogP contribution in [0.4, 0.5) is 0 Å². The van der Waals surface area contributed by atoms with E-state index >= 15 is 0 Å². The number of hydrogen-bond acceptors (Lipinski definition) is 2. The number of benzene rings is 1. The van der Waals surface area contributed by atoms with E-state index in [4.69, 9.17) is 4.74 Å². The highest BCUT2D eigenvalue weighted by Crippen LogP contribution is 2.20. The number of nitrogens with one attached hydrogen (secondary N) is 1. The van der Waals surface area contributed by atoms with E-state index in [2.05, 4.69) is 36.5 Å². The van der Waals surface area contributed by atoms with Crippen LogP contribution in [-0.4, -0.2) is 19.3 Å². The maximum atomic E-state index is 5.58. The molecule has 1 aromatic rings. The second-order valence-corrected chi connectivity index (χ2v) is 3.42. The minimum Gasteiger partial charge on any atom is -0.375 e. The predicted octanol–water partition coefficient (Wildman–Crippen LogP) is 1.74. The van der Waals surface area contributed by atoms with Crippen LogP contribution in [0.3, 0.4) is 0 Å².